The fourth-order valence-corrected chi connectivity index (χ4v) is 2.73. The second-order valence-corrected chi connectivity index (χ2v) is 5.19. The second-order valence-electron chi connectivity index (χ2n) is 5.19. The van der Waals surface area contributed by atoms with Gasteiger partial charge in [-0.05, 0) is 30.5 Å². The zero-order valence-electron chi connectivity index (χ0n) is 10.9. The maximum Gasteiger partial charge on any atom is 0.123 e. The average Bonchev–Trinajstić information content (AvgIpc) is 2.66. The minimum absolute atomic E-state index is 0.147. The normalized spacial score (nSPS) is 19.4. The Bertz CT molecular complexity index is 342. The molecule has 0 radical (unpaired) electrons. The van der Waals surface area contributed by atoms with Crippen LogP contribution in [0.3, 0.4) is 0 Å². The van der Waals surface area contributed by atoms with Crippen molar-refractivity contribution in [2.24, 2.45) is 5.73 Å². The van der Waals surface area contributed by atoms with Crippen LogP contribution in [0.1, 0.15) is 50.1 Å². The Kier molecular flexibility index (Phi) is 5.14. The summed E-state index contributed by atoms with van der Waals surface area (Å²) in [5.74, 6) is -0.191. The van der Waals surface area contributed by atoms with Crippen molar-refractivity contribution in [3.63, 3.8) is 0 Å². The summed E-state index contributed by atoms with van der Waals surface area (Å²) in [5, 5.41) is 3.63. The number of hydrogen-bond acceptors (Lipinski definition) is 2. The van der Waals surface area contributed by atoms with Crippen molar-refractivity contribution < 1.29 is 4.39 Å². The molecule has 3 heteroatoms. The highest BCUT2D eigenvalue weighted by molar-refractivity contribution is 5.20. The molecule has 1 aromatic carbocycles. The van der Waals surface area contributed by atoms with Crippen molar-refractivity contribution in [2.45, 2.75) is 50.6 Å². The van der Waals surface area contributed by atoms with Gasteiger partial charge in [-0.1, -0.05) is 37.8 Å². The van der Waals surface area contributed by atoms with Crippen LogP contribution in [-0.2, 0) is 0 Å². The Hall–Kier alpha value is -0.930. The van der Waals surface area contributed by atoms with E-state index in [4.69, 9.17) is 5.73 Å². The van der Waals surface area contributed by atoms with E-state index in [-0.39, 0.29) is 11.9 Å². The maximum atomic E-state index is 12.9. The van der Waals surface area contributed by atoms with Crippen molar-refractivity contribution in [2.75, 3.05) is 6.54 Å². The first-order valence-electron chi connectivity index (χ1n) is 7.01. The number of halogens is 1. The van der Waals surface area contributed by atoms with Gasteiger partial charge in [0.05, 0.1) is 0 Å². The van der Waals surface area contributed by atoms with E-state index >= 15 is 0 Å². The van der Waals surface area contributed by atoms with E-state index < -0.39 is 0 Å². The van der Waals surface area contributed by atoms with Crippen molar-refractivity contribution in [1.82, 2.24) is 5.32 Å². The molecule has 0 heterocycles. The molecule has 1 saturated carbocycles. The van der Waals surface area contributed by atoms with Crippen LogP contribution in [0.5, 0.6) is 0 Å². The summed E-state index contributed by atoms with van der Waals surface area (Å²) in [7, 11) is 0. The maximum absolute atomic E-state index is 12.9. The third-order valence-corrected chi connectivity index (χ3v) is 3.80. The Morgan fingerprint density at radius 2 is 1.72 bits per heavy atom. The molecule has 0 aromatic heterocycles. The van der Waals surface area contributed by atoms with E-state index in [9.17, 15) is 4.39 Å². The van der Waals surface area contributed by atoms with Gasteiger partial charge in [0.15, 0.2) is 0 Å². The van der Waals surface area contributed by atoms with Gasteiger partial charge in [0.1, 0.15) is 5.82 Å². The lowest BCUT2D eigenvalue weighted by molar-refractivity contribution is 0.402. The lowest BCUT2D eigenvalue weighted by Crippen LogP contribution is -2.36. The van der Waals surface area contributed by atoms with Gasteiger partial charge < -0.3 is 11.1 Å². The molecule has 1 aliphatic rings. The first kappa shape index (κ1) is 13.5. The van der Waals surface area contributed by atoms with E-state index in [0.717, 1.165) is 5.56 Å². The lowest BCUT2D eigenvalue weighted by Gasteiger charge is -2.24. The zero-order valence-corrected chi connectivity index (χ0v) is 10.9. The van der Waals surface area contributed by atoms with Crippen molar-refractivity contribution in [1.29, 1.82) is 0 Å². The zero-order chi connectivity index (χ0) is 12.8. The van der Waals surface area contributed by atoms with E-state index in [1.54, 1.807) is 0 Å². The molecule has 2 rings (SSSR count). The van der Waals surface area contributed by atoms with Gasteiger partial charge in [0.25, 0.3) is 0 Å². The topological polar surface area (TPSA) is 38.0 Å². The molecule has 1 aromatic rings. The van der Waals surface area contributed by atoms with Gasteiger partial charge in [-0.15, -0.1) is 0 Å². The third kappa shape index (κ3) is 3.79. The average molecular weight is 250 g/mol. The summed E-state index contributed by atoms with van der Waals surface area (Å²) in [6.45, 7) is 0.558. The molecule has 0 saturated heterocycles. The van der Waals surface area contributed by atoms with Gasteiger partial charge in [-0.2, -0.15) is 0 Å². The molecule has 0 aliphatic heterocycles. The summed E-state index contributed by atoms with van der Waals surface area (Å²) >= 11 is 0. The predicted octanol–water partition coefficient (Wildman–Crippen LogP) is 3.14. The minimum Gasteiger partial charge on any atom is -0.329 e. The lowest BCUT2D eigenvalue weighted by atomic mass is 10.0. The molecule has 2 nitrogen and oxygen atoms in total. The number of benzene rings is 1. The van der Waals surface area contributed by atoms with Crippen molar-refractivity contribution >= 4 is 0 Å². The Morgan fingerprint density at radius 1 is 1.11 bits per heavy atom. The molecule has 18 heavy (non-hydrogen) atoms. The summed E-state index contributed by atoms with van der Waals surface area (Å²) in [5.41, 5.74) is 6.93. The van der Waals surface area contributed by atoms with Gasteiger partial charge in [-0.3, -0.25) is 0 Å². The number of nitrogens with two attached hydrogens (primary N) is 1. The van der Waals surface area contributed by atoms with Gasteiger partial charge in [0.2, 0.25) is 0 Å². The Balaban J connectivity index is 1.97. The molecular formula is C15H23FN2. The first-order valence-corrected chi connectivity index (χ1v) is 7.01. The van der Waals surface area contributed by atoms with Crippen LogP contribution in [0.15, 0.2) is 24.3 Å². The molecule has 1 atom stereocenters. The van der Waals surface area contributed by atoms with E-state index in [1.807, 2.05) is 12.1 Å². The number of hydrogen-bond donors (Lipinski definition) is 2. The van der Waals surface area contributed by atoms with Crippen LogP contribution in [0.25, 0.3) is 0 Å². The second kappa shape index (κ2) is 6.86. The summed E-state index contributed by atoms with van der Waals surface area (Å²) in [6.07, 6.45) is 7.77. The molecule has 0 bridgehead atoms. The van der Waals surface area contributed by atoms with Gasteiger partial charge >= 0.3 is 0 Å². The highest BCUT2D eigenvalue weighted by Gasteiger charge is 2.17. The standard InChI is InChI=1S/C15H23FN2/c16-13-9-7-12(8-10-13)15(11-17)18-14-5-3-1-2-4-6-14/h7-10,14-15,18H,1-6,11,17H2. The van der Waals surface area contributed by atoms with E-state index in [1.165, 1.54) is 50.7 Å². The van der Waals surface area contributed by atoms with Gasteiger partial charge in [-0.25, -0.2) is 4.39 Å². The smallest absolute Gasteiger partial charge is 0.123 e. The fraction of sp³-hybridized carbons (Fsp3) is 0.600. The monoisotopic (exact) mass is 250 g/mol. The molecule has 0 amide bonds. The van der Waals surface area contributed by atoms with E-state index in [0.29, 0.717) is 12.6 Å². The summed E-state index contributed by atoms with van der Waals surface area (Å²) < 4.78 is 12.9. The fourth-order valence-electron chi connectivity index (χ4n) is 2.73. The Labute approximate surface area is 109 Å². The number of rotatable bonds is 4. The molecule has 100 valence electrons. The highest BCUT2D eigenvalue weighted by Crippen LogP contribution is 2.21. The van der Waals surface area contributed by atoms with Crippen molar-refractivity contribution in [3.05, 3.63) is 35.6 Å². The summed E-state index contributed by atoms with van der Waals surface area (Å²) in [4.78, 5) is 0. The minimum atomic E-state index is -0.191. The van der Waals surface area contributed by atoms with Crippen LogP contribution < -0.4 is 11.1 Å². The van der Waals surface area contributed by atoms with Crippen LogP contribution in [0.4, 0.5) is 4.39 Å². The molecule has 1 unspecified atom stereocenters. The quantitative estimate of drug-likeness (QED) is 0.806. The molecule has 1 aliphatic carbocycles. The van der Waals surface area contributed by atoms with Crippen LogP contribution in [0, 0.1) is 5.82 Å². The van der Waals surface area contributed by atoms with E-state index in [2.05, 4.69) is 5.32 Å². The predicted molar refractivity (Wildman–Crippen MR) is 72.8 cm³/mol. The van der Waals surface area contributed by atoms with Crippen LogP contribution >= 0.6 is 0 Å². The highest BCUT2D eigenvalue weighted by atomic mass is 19.1. The SMILES string of the molecule is NCC(NC1CCCCCC1)c1ccc(F)cc1. The number of nitrogens with one attached hydrogen (secondary N) is 1. The van der Waals surface area contributed by atoms with Gasteiger partial charge in [0, 0.05) is 18.6 Å². The van der Waals surface area contributed by atoms with Crippen LogP contribution in [0.2, 0.25) is 0 Å². The third-order valence-electron chi connectivity index (χ3n) is 3.80. The summed E-state index contributed by atoms with van der Waals surface area (Å²) in [6, 6.07) is 7.38. The molecule has 3 N–H and O–H groups in total. The first-order chi connectivity index (χ1) is 8.79. The largest absolute Gasteiger partial charge is 0.329 e. The van der Waals surface area contributed by atoms with Crippen LogP contribution in [-0.4, -0.2) is 12.6 Å². The van der Waals surface area contributed by atoms with Crippen molar-refractivity contribution in [3.8, 4) is 0 Å². The Morgan fingerprint density at radius 3 is 2.28 bits per heavy atom. The molecular weight excluding hydrogens is 227 g/mol. The molecule has 1 fully saturated rings. The molecule has 0 spiro atoms.